The zero-order valence-electron chi connectivity index (χ0n) is 12.7. The molecule has 2 N–H and O–H groups in total. The van der Waals surface area contributed by atoms with Gasteiger partial charge in [0.05, 0.1) is 30.2 Å². The summed E-state index contributed by atoms with van der Waals surface area (Å²) in [6, 6.07) is 3.40. The molecule has 0 saturated heterocycles. The van der Waals surface area contributed by atoms with Crippen LogP contribution in [0.1, 0.15) is 16.8 Å². The Labute approximate surface area is 131 Å². The van der Waals surface area contributed by atoms with Gasteiger partial charge < -0.3 is 14.6 Å². The number of nitrogens with zero attached hydrogens (tertiary/aromatic N) is 1. The number of H-pyrrole nitrogens is 1. The highest BCUT2D eigenvalue weighted by atomic mass is 19.4. The first-order valence-corrected chi connectivity index (χ1v) is 6.86. The van der Waals surface area contributed by atoms with Crippen molar-refractivity contribution in [2.45, 2.75) is 19.7 Å². The predicted octanol–water partition coefficient (Wildman–Crippen LogP) is 2.92. The van der Waals surface area contributed by atoms with E-state index in [4.69, 9.17) is 9.47 Å². The largest absolute Gasteiger partial charge is 0.491 e. The fourth-order valence-corrected chi connectivity index (χ4v) is 2.12. The van der Waals surface area contributed by atoms with E-state index in [1.54, 1.807) is 6.92 Å². The average molecular weight is 330 g/mol. The predicted molar refractivity (Wildman–Crippen MR) is 77.1 cm³/mol. The molecule has 0 spiro atoms. The molecule has 0 bridgehead atoms. The third kappa shape index (κ3) is 4.02. The minimum absolute atomic E-state index is 0.0722. The van der Waals surface area contributed by atoms with Crippen LogP contribution in [0.3, 0.4) is 0 Å². The third-order valence-electron chi connectivity index (χ3n) is 3.31. The van der Waals surface area contributed by atoms with Crippen LogP contribution in [0.5, 0.6) is 5.75 Å². The molecule has 1 heterocycles. The molecular formula is C15H17F3N2O3. The van der Waals surface area contributed by atoms with E-state index in [9.17, 15) is 18.3 Å². The molecule has 1 aromatic carbocycles. The Hall–Kier alpha value is -2.06. The molecule has 23 heavy (non-hydrogen) atoms. The highest BCUT2D eigenvalue weighted by Crippen LogP contribution is 2.36. The van der Waals surface area contributed by atoms with Gasteiger partial charge >= 0.3 is 6.18 Å². The summed E-state index contributed by atoms with van der Waals surface area (Å²) in [7, 11) is 1.47. The molecule has 0 unspecified atom stereocenters. The Kier molecular flexibility index (Phi) is 5.27. The maximum atomic E-state index is 13.1. The highest BCUT2D eigenvalue weighted by molar-refractivity contribution is 5.66. The first kappa shape index (κ1) is 17.3. The fourth-order valence-electron chi connectivity index (χ4n) is 2.12. The van der Waals surface area contributed by atoms with Crippen molar-refractivity contribution in [1.82, 2.24) is 10.2 Å². The zero-order valence-corrected chi connectivity index (χ0v) is 12.7. The summed E-state index contributed by atoms with van der Waals surface area (Å²) in [5, 5.41) is 16.0. The van der Waals surface area contributed by atoms with Crippen molar-refractivity contribution in [2.75, 3.05) is 20.3 Å². The van der Waals surface area contributed by atoms with Crippen LogP contribution >= 0.6 is 0 Å². The lowest BCUT2D eigenvalue weighted by Gasteiger charge is -2.13. The molecule has 126 valence electrons. The Morgan fingerprint density at radius 3 is 2.57 bits per heavy atom. The lowest BCUT2D eigenvalue weighted by atomic mass is 10.0. The quantitative estimate of drug-likeness (QED) is 0.799. The normalized spacial score (nSPS) is 11.7. The van der Waals surface area contributed by atoms with Crippen LogP contribution in [-0.4, -0.2) is 35.6 Å². The van der Waals surface area contributed by atoms with E-state index in [0.29, 0.717) is 17.0 Å². The fraction of sp³-hybridized carbons (Fsp3) is 0.400. The molecule has 0 aliphatic carbocycles. The summed E-state index contributed by atoms with van der Waals surface area (Å²) in [5.41, 5.74) is 0.733. The molecule has 0 amide bonds. The summed E-state index contributed by atoms with van der Waals surface area (Å²) in [6.45, 7) is 1.73. The lowest BCUT2D eigenvalue weighted by Crippen LogP contribution is -2.08. The van der Waals surface area contributed by atoms with Crippen molar-refractivity contribution in [3.8, 4) is 17.0 Å². The van der Waals surface area contributed by atoms with Gasteiger partial charge in [-0.05, 0) is 25.1 Å². The van der Waals surface area contributed by atoms with Gasteiger partial charge in [-0.25, -0.2) is 0 Å². The second-order valence-electron chi connectivity index (χ2n) is 4.91. The number of aliphatic hydroxyl groups is 1. The number of benzene rings is 1. The van der Waals surface area contributed by atoms with Gasteiger partial charge in [-0.3, -0.25) is 5.10 Å². The molecule has 0 fully saturated rings. The van der Waals surface area contributed by atoms with Gasteiger partial charge in [0.2, 0.25) is 0 Å². The Morgan fingerprint density at radius 1 is 1.22 bits per heavy atom. The molecule has 1 aromatic heterocycles. The summed E-state index contributed by atoms with van der Waals surface area (Å²) < 4.78 is 49.4. The number of alkyl halides is 3. The van der Waals surface area contributed by atoms with Crippen LogP contribution < -0.4 is 4.74 Å². The van der Waals surface area contributed by atoms with E-state index in [2.05, 4.69) is 10.2 Å². The number of ether oxygens (including phenoxy) is 2. The summed E-state index contributed by atoms with van der Waals surface area (Å²) in [5.74, 6) is 0.0722. The summed E-state index contributed by atoms with van der Waals surface area (Å²) in [6.07, 6.45) is -4.51. The second-order valence-corrected chi connectivity index (χ2v) is 4.91. The smallest absolute Gasteiger partial charge is 0.416 e. The van der Waals surface area contributed by atoms with E-state index in [1.165, 1.54) is 13.2 Å². The number of methoxy groups -OCH3 is 1. The minimum Gasteiger partial charge on any atom is -0.491 e. The molecule has 8 heteroatoms. The van der Waals surface area contributed by atoms with Gasteiger partial charge in [-0.2, -0.15) is 18.3 Å². The van der Waals surface area contributed by atoms with Crippen LogP contribution in [0.4, 0.5) is 13.2 Å². The standard InChI is InChI=1S/C15H17F3N2O3/c1-9-13(8-21)14(20-19-9)10-5-11(15(16,17)18)7-12(6-10)23-4-3-22-2/h5-7,21H,3-4,8H2,1-2H3,(H,19,20). The summed E-state index contributed by atoms with van der Waals surface area (Å²) >= 11 is 0. The number of hydrogen-bond acceptors (Lipinski definition) is 4. The second kappa shape index (κ2) is 7.01. The molecule has 0 radical (unpaired) electrons. The van der Waals surface area contributed by atoms with Gasteiger partial charge in [-0.15, -0.1) is 0 Å². The Balaban J connectivity index is 2.47. The highest BCUT2D eigenvalue weighted by Gasteiger charge is 2.32. The topological polar surface area (TPSA) is 67.4 Å². The molecular weight excluding hydrogens is 313 g/mol. The first-order chi connectivity index (χ1) is 10.9. The Morgan fingerprint density at radius 2 is 1.96 bits per heavy atom. The van der Waals surface area contributed by atoms with Gasteiger partial charge in [0, 0.05) is 18.2 Å². The van der Waals surface area contributed by atoms with Crippen molar-refractivity contribution in [3.63, 3.8) is 0 Å². The number of halogens is 3. The van der Waals surface area contributed by atoms with E-state index >= 15 is 0 Å². The molecule has 2 rings (SSSR count). The molecule has 0 atom stereocenters. The van der Waals surface area contributed by atoms with Gasteiger partial charge in [-0.1, -0.05) is 0 Å². The monoisotopic (exact) mass is 330 g/mol. The molecule has 0 aliphatic rings. The maximum absolute atomic E-state index is 13.1. The third-order valence-corrected chi connectivity index (χ3v) is 3.31. The van der Waals surface area contributed by atoms with Crippen LogP contribution in [0, 0.1) is 6.92 Å². The van der Waals surface area contributed by atoms with Crippen LogP contribution in [-0.2, 0) is 17.5 Å². The van der Waals surface area contributed by atoms with E-state index < -0.39 is 11.7 Å². The summed E-state index contributed by atoms with van der Waals surface area (Å²) in [4.78, 5) is 0. The number of aryl methyl sites for hydroxylation is 1. The van der Waals surface area contributed by atoms with Crippen LogP contribution in [0.2, 0.25) is 0 Å². The minimum atomic E-state index is -4.51. The molecule has 0 saturated carbocycles. The van der Waals surface area contributed by atoms with Crippen molar-refractivity contribution in [2.24, 2.45) is 0 Å². The average Bonchev–Trinajstić information content (AvgIpc) is 2.87. The lowest BCUT2D eigenvalue weighted by molar-refractivity contribution is -0.137. The van der Waals surface area contributed by atoms with Crippen LogP contribution in [0.25, 0.3) is 11.3 Å². The Bertz CT molecular complexity index is 668. The van der Waals surface area contributed by atoms with Gasteiger partial charge in [0.25, 0.3) is 0 Å². The van der Waals surface area contributed by atoms with Crippen molar-refractivity contribution in [1.29, 1.82) is 0 Å². The maximum Gasteiger partial charge on any atom is 0.416 e. The SMILES string of the molecule is COCCOc1cc(-c2[nH]nc(C)c2CO)cc(C(F)(F)F)c1. The number of nitrogens with one attached hydrogen (secondary N) is 1. The molecule has 5 nitrogen and oxygen atoms in total. The zero-order chi connectivity index (χ0) is 17.0. The van der Waals surface area contributed by atoms with Gasteiger partial charge in [0.15, 0.2) is 0 Å². The van der Waals surface area contributed by atoms with E-state index in [-0.39, 0.29) is 31.1 Å². The van der Waals surface area contributed by atoms with Crippen LogP contribution in [0.15, 0.2) is 18.2 Å². The van der Waals surface area contributed by atoms with E-state index in [0.717, 1.165) is 12.1 Å². The van der Waals surface area contributed by atoms with Crippen molar-refractivity contribution in [3.05, 3.63) is 35.0 Å². The number of rotatable bonds is 6. The number of aliphatic hydroxyl groups excluding tert-OH is 1. The van der Waals surface area contributed by atoms with E-state index in [1.807, 2.05) is 0 Å². The van der Waals surface area contributed by atoms with Gasteiger partial charge in [0.1, 0.15) is 12.4 Å². The number of aromatic nitrogens is 2. The number of aromatic amines is 1. The molecule has 0 aliphatic heterocycles. The van der Waals surface area contributed by atoms with Crippen molar-refractivity contribution >= 4 is 0 Å². The molecule has 2 aromatic rings. The van der Waals surface area contributed by atoms with Crippen molar-refractivity contribution < 1.29 is 27.8 Å². The number of hydrogen-bond donors (Lipinski definition) is 2. The first-order valence-electron chi connectivity index (χ1n) is 6.86.